The number of hydrogen-bond donors (Lipinski definition) is 0. The molecule has 0 bridgehead atoms. The number of nitrogens with zero attached hydrogens (tertiary/aromatic N) is 1. The number of imide groups is 1. The van der Waals surface area contributed by atoms with E-state index in [1.165, 1.54) is 12.1 Å². The van der Waals surface area contributed by atoms with Crippen LogP contribution in [0.4, 0.5) is 18.0 Å². The highest BCUT2D eigenvalue weighted by Crippen LogP contribution is 2.30. The Morgan fingerprint density at radius 3 is 2.56 bits per heavy atom. The Kier molecular flexibility index (Phi) is 3.34. The third-order valence-electron chi connectivity index (χ3n) is 2.44. The number of amides is 2. The third kappa shape index (κ3) is 2.66. The molecular weight excluding hydrogens is 267 g/mol. The fourth-order valence-corrected chi connectivity index (χ4v) is 2.29. The summed E-state index contributed by atoms with van der Waals surface area (Å²) in [4.78, 5) is 23.6. The monoisotopic (exact) mass is 275 g/mol. The second-order valence-corrected chi connectivity index (χ2v) is 4.66. The highest BCUT2D eigenvalue weighted by Gasteiger charge is 2.32. The van der Waals surface area contributed by atoms with E-state index >= 15 is 0 Å². The van der Waals surface area contributed by atoms with E-state index in [1.807, 2.05) is 0 Å². The molecule has 0 saturated carbocycles. The fourth-order valence-electron chi connectivity index (χ4n) is 1.56. The Morgan fingerprint density at radius 1 is 1.28 bits per heavy atom. The van der Waals surface area contributed by atoms with Crippen molar-refractivity contribution < 1.29 is 22.8 Å². The molecule has 0 radical (unpaired) electrons. The molecule has 0 atom stereocenters. The van der Waals surface area contributed by atoms with Gasteiger partial charge in [0.25, 0.3) is 5.24 Å². The molecule has 1 aromatic rings. The number of hydrogen-bond acceptors (Lipinski definition) is 3. The minimum absolute atomic E-state index is 0.0534. The maximum absolute atomic E-state index is 12.5. The molecule has 1 aliphatic rings. The topological polar surface area (TPSA) is 37.4 Å². The van der Waals surface area contributed by atoms with Crippen LogP contribution in [-0.4, -0.2) is 21.8 Å². The lowest BCUT2D eigenvalue weighted by atomic mass is 10.1. The zero-order valence-electron chi connectivity index (χ0n) is 9.03. The van der Waals surface area contributed by atoms with Gasteiger partial charge in [0.15, 0.2) is 0 Å². The van der Waals surface area contributed by atoms with Gasteiger partial charge < -0.3 is 0 Å². The van der Waals surface area contributed by atoms with Crippen molar-refractivity contribution >= 4 is 22.9 Å². The van der Waals surface area contributed by atoms with Crippen molar-refractivity contribution in [2.45, 2.75) is 12.7 Å². The van der Waals surface area contributed by atoms with Crippen molar-refractivity contribution in [3.63, 3.8) is 0 Å². The smallest absolute Gasteiger partial charge is 0.273 e. The van der Waals surface area contributed by atoms with E-state index in [0.29, 0.717) is 0 Å². The van der Waals surface area contributed by atoms with Gasteiger partial charge in [-0.05, 0) is 17.7 Å². The molecule has 0 unspecified atom stereocenters. The van der Waals surface area contributed by atoms with E-state index in [-0.39, 0.29) is 23.8 Å². The first-order chi connectivity index (χ1) is 8.38. The Hall–Kier alpha value is -1.50. The van der Waals surface area contributed by atoms with E-state index in [0.717, 1.165) is 28.8 Å². The molecular formula is C11H8F3NO2S. The molecule has 7 heteroatoms. The Labute approximate surface area is 105 Å². The lowest BCUT2D eigenvalue weighted by Crippen LogP contribution is -2.28. The molecule has 18 heavy (non-hydrogen) atoms. The van der Waals surface area contributed by atoms with Crippen molar-refractivity contribution in [2.75, 3.05) is 5.75 Å². The van der Waals surface area contributed by atoms with E-state index < -0.39 is 17.0 Å². The molecule has 0 N–H and O–H groups in total. The second kappa shape index (κ2) is 4.64. The zero-order chi connectivity index (χ0) is 13.3. The summed E-state index contributed by atoms with van der Waals surface area (Å²) in [6, 6.07) is 4.62. The van der Waals surface area contributed by atoms with Crippen molar-refractivity contribution in [1.29, 1.82) is 0 Å². The van der Waals surface area contributed by atoms with Crippen molar-refractivity contribution in [3.05, 3.63) is 35.4 Å². The number of carbonyl (C=O) groups is 2. The third-order valence-corrected chi connectivity index (χ3v) is 3.29. The van der Waals surface area contributed by atoms with Gasteiger partial charge in [0.1, 0.15) is 0 Å². The first-order valence-electron chi connectivity index (χ1n) is 5.01. The van der Waals surface area contributed by atoms with E-state index in [9.17, 15) is 22.8 Å². The predicted octanol–water partition coefficient (Wildman–Crippen LogP) is 2.90. The van der Waals surface area contributed by atoms with Gasteiger partial charge in [-0.25, -0.2) is 0 Å². The quantitative estimate of drug-likeness (QED) is 0.832. The molecule has 1 heterocycles. The second-order valence-electron chi connectivity index (χ2n) is 3.73. The predicted molar refractivity (Wildman–Crippen MR) is 59.8 cm³/mol. The first kappa shape index (κ1) is 12.9. The minimum Gasteiger partial charge on any atom is -0.273 e. The van der Waals surface area contributed by atoms with Crippen LogP contribution in [0.1, 0.15) is 11.1 Å². The Bertz CT molecular complexity index is 485. The van der Waals surface area contributed by atoms with Gasteiger partial charge in [-0.1, -0.05) is 23.9 Å². The number of carbonyl (C=O) groups excluding carboxylic acids is 2. The average molecular weight is 275 g/mol. The van der Waals surface area contributed by atoms with Crippen LogP contribution in [-0.2, 0) is 17.5 Å². The molecule has 0 aromatic heterocycles. The van der Waals surface area contributed by atoms with Gasteiger partial charge in [-0.15, -0.1) is 0 Å². The SMILES string of the molecule is O=C1CSC(=O)N1Cc1cccc(C(F)(F)F)c1. The van der Waals surface area contributed by atoms with Crippen LogP contribution in [0.5, 0.6) is 0 Å². The number of benzene rings is 1. The maximum atomic E-state index is 12.5. The summed E-state index contributed by atoms with van der Waals surface area (Å²) in [6.45, 7) is -0.116. The largest absolute Gasteiger partial charge is 0.416 e. The molecule has 3 nitrogen and oxygen atoms in total. The summed E-state index contributed by atoms with van der Waals surface area (Å²) in [7, 11) is 0. The number of halogens is 3. The molecule has 1 aliphatic heterocycles. The molecule has 2 rings (SSSR count). The highest BCUT2D eigenvalue weighted by molar-refractivity contribution is 8.14. The highest BCUT2D eigenvalue weighted by atomic mass is 32.2. The average Bonchev–Trinajstić information content (AvgIpc) is 2.60. The summed E-state index contributed by atoms with van der Waals surface area (Å²) >= 11 is 0.858. The van der Waals surface area contributed by atoms with Crippen LogP contribution in [0.2, 0.25) is 0 Å². The van der Waals surface area contributed by atoms with Crippen LogP contribution >= 0.6 is 11.8 Å². The van der Waals surface area contributed by atoms with Crippen molar-refractivity contribution in [1.82, 2.24) is 4.90 Å². The lowest BCUT2D eigenvalue weighted by molar-refractivity contribution is -0.137. The van der Waals surface area contributed by atoms with Gasteiger partial charge in [0.2, 0.25) is 5.91 Å². The number of alkyl halides is 3. The number of rotatable bonds is 2. The van der Waals surface area contributed by atoms with Crippen LogP contribution in [0.3, 0.4) is 0 Å². The molecule has 1 fully saturated rings. The fraction of sp³-hybridized carbons (Fsp3) is 0.273. The molecule has 0 aliphatic carbocycles. The Balaban J connectivity index is 2.20. The van der Waals surface area contributed by atoms with E-state index in [1.54, 1.807) is 0 Å². The van der Waals surface area contributed by atoms with E-state index in [2.05, 4.69) is 0 Å². The van der Waals surface area contributed by atoms with Gasteiger partial charge in [-0.2, -0.15) is 13.2 Å². The van der Waals surface area contributed by atoms with Crippen molar-refractivity contribution in [3.8, 4) is 0 Å². The molecule has 96 valence electrons. The molecule has 1 saturated heterocycles. The van der Waals surface area contributed by atoms with Gasteiger partial charge in [-0.3, -0.25) is 14.5 Å². The van der Waals surface area contributed by atoms with Crippen LogP contribution in [0.15, 0.2) is 24.3 Å². The van der Waals surface area contributed by atoms with Crippen LogP contribution in [0, 0.1) is 0 Å². The van der Waals surface area contributed by atoms with Crippen molar-refractivity contribution in [2.24, 2.45) is 0 Å². The summed E-state index contributed by atoms with van der Waals surface area (Å²) in [5.74, 6) is -0.319. The molecule has 1 aromatic carbocycles. The van der Waals surface area contributed by atoms with Gasteiger partial charge >= 0.3 is 6.18 Å². The summed E-state index contributed by atoms with van der Waals surface area (Å²) in [6.07, 6.45) is -4.43. The van der Waals surface area contributed by atoms with Gasteiger partial charge in [0.05, 0.1) is 17.9 Å². The molecule has 0 spiro atoms. The number of thioether (sulfide) groups is 1. The zero-order valence-corrected chi connectivity index (χ0v) is 9.85. The van der Waals surface area contributed by atoms with Crippen LogP contribution in [0.25, 0.3) is 0 Å². The summed E-state index contributed by atoms with van der Waals surface area (Å²) in [5.41, 5.74) is -0.499. The maximum Gasteiger partial charge on any atom is 0.416 e. The Morgan fingerprint density at radius 2 is 2.00 bits per heavy atom. The first-order valence-corrected chi connectivity index (χ1v) is 6.00. The van der Waals surface area contributed by atoms with Crippen LogP contribution < -0.4 is 0 Å². The normalized spacial score (nSPS) is 16.5. The molecule has 2 amide bonds. The summed E-state index contributed by atoms with van der Waals surface area (Å²) in [5, 5.41) is -0.419. The van der Waals surface area contributed by atoms with Gasteiger partial charge in [0, 0.05) is 0 Å². The summed E-state index contributed by atoms with van der Waals surface area (Å²) < 4.78 is 37.4. The standard InChI is InChI=1S/C11H8F3NO2S/c12-11(13,14)8-3-1-2-7(4-8)5-15-9(16)6-18-10(15)17/h1-4H,5-6H2. The minimum atomic E-state index is -4.43. The lowest BCUT2D eigenvalue weighted by Gasteiger charge is -2.14. The van der Waals surface area contributed by atoms with E-state index in [4.69, 9.17) is 0 Å².